The predicted molar refractivity (Wildman–Crippen MR) is 56.5 cm³/mol. The molecule has 1 unspecified atom stereocenters. The maximum atomic E-state index is 13.3. The zero-order valence-corrected chi connectivity index (χ0v) is 8.63. The van der Waals surface area contributed by atoms with E-state index in [9.17, 15) is 4.39 Å². The van der Waals surface area contributed by atoms with E-state index in [1.165, 1.54) is 6.07 Å². The van der Waals surface area contributed by atoms with Gasteiger partial charge in [0.05, 0.1) is 0 Å². The molecule has 1 aromatic rings. The second-order valence-corrected chi connectivity index (χ2v) is 3.55. The first kappa shape index (κ1) is 11.1. The van der Waals surface area contributed by atoms with E-state index in [0.29, 0.717) is 12.1 Å². The fraction of sp³-hybridized carbons (Fsp3) is 0.455. The molecular formula is C11H17FN2. The van der Waals surface area contributed by atoms with Crippen LogP contribution in [0.25, 0.3) is 0 Å². The third-order valence-corrected chi connectivity index (χ3v) is 2.26. The summed E-state index contributed by atoms with van der Waals surface area (Å²) >= 11 is 0. The lowest BCUT2D eigenvalue weighted by molar-refractivity contribution is 0.467. The number of nitrogens with one attached hydrogen (secondary N) is 1. The smallest absolute Gasteiger partial charge is 0.127 e. The van der Waals surface area contributed by atoms with Crippen LogP contribution in [-0.2, 0) is 0 Å². The molecule has 0 fully saturated rings. The molecule has 0 saturated heterocycles. The second-order valence-electron chi connectivity index (χ2n) is 3.55. The van der Waals surface area contributed by atoms with Gasteiger partial charge in [0, 0.05) is 24.2 Å². The van der Waals surface area contributed by atoms with Crippen LogP contribution in [0.1, 0.15) is 25.5 Å². The number of nitrogens with two attached hydrogens (primary N) is 1. The average molecular weight is 196 g/mol. The summed E-state index contributed by atoms with van der Waals surface area (Å²) in [5.41, 5.74) is 6.17. The number of benzene rings is 1. The third-order valence-electron chi connectivity index (χ3n) is 2.26. The van der Waals surface area contributed by atoms with Gasteiger partial charge in [0.15, 0.2) is 0 Å². The summed E-state index contributed by atoms with van der Waals surface area (Å²) in [4.78, 5) is 0. The first-order valence-electron chi connectivity index (χ1n) is 4.85. The van der Waals surface area contributed by atoms with Gasteiger partial charge in [-0.1, -0.05) is 18.2 Å². The summed E-state index contributed by atoms with van der Waals surface area (Å²) in [6.07, 6.45) is 0. The Bertz CT molecular complexity index is 288. The van der Waals surface area contributed by atoms with Crippen LogP contribution < -0.4 is 11.1 Å². The minimum atomic E-state index is -0.170. The van der Waals surface area contributed by atoms with Crippen LogP contribution in [0, 0.1) is 5.82 Å². The predicted octanol–water partition coefficient (Wildman–Crippen LogP) is 1.82. The molecule has 3 heteroatoms. The Kier molecular flexibility index (Phi) is 4.04. The number of halogens is 1. The number of hydrogen-bond donors (Lipinski definition) is 2. The Labute approximate surface area is 84.3 Å². The van der Waals surface area contributed by atoms with Crippen molar-refractivity contribution in [1.29, 1.82) is 0 Å². The van der Waals surface area contributed by atoms with Crippen molar-refractivity contribution in [3.8, 4) is 0 Å². The second kappa shape index (κ2) is 5.08. The highest BCUT2D eigenvalue weighted by Crippen LogP contribution is 2.16. The Morgan fingerprint density at radius 3 is 2.57 bits per heavy atom. The fourth-order valence-electron chi connectivity index (χ4n) is 1.41. The van der Waals surface area contributed by atoms with Gasteiger partial charge in [-0.2, -0.15) is 0 Å². The maximum absolute atomic E-state index is 13.3. The molecule has 0 spiro atoms. The first-order chi connectivity index (χ1) is 6.65. The molecule has 2 atom stereocenters. The number of rotatable bonds is 4. The van der Waals surface area contributed by atoms with Crippen LogP contribution in [0.15, 0.2) is 24.3 Å². The van der Waals surface area contributed by atoms with E-state index in [4.69, 9.17) is 5.73 Å². The van der Waals surface area contributed by atoms with Crippen molar-refractivity contribution in [2.24, 2.45) is 5.73 Å². The van der Waals surface area contributed by atoms with Crippen LogP contribution in [0.5, 0.6) is 0 Å². The van der Waals surface area contributed by atoms with Gasteiger partial charge in [0.25, 0.3) is 0 Å². The molecule has 14 heavy (non-hydrogen) atoms. The Morgan fingerprint density at radius 2 is 2.00 bits per heavy atom. The molecule has 0 aromatic heterocycles. The van der Waals surface area contributed by atoms with Gasteiger partial charge in [-0.25, -0.2) is 4.39 Å². The van der Waals surface area contributed by atoms with E-state index in [1.54, 1.807) is 12.1 Å². The summed E-state index contributed by atoms with van der Waals surface area (Å²) in [6.45, 7) is 4.47. The molecule has 0 radical (unpaired) electrons. The van der Waals surface area contributed by atoms with Gasteiger partial charge in [0.1, 0.15) is 5.82 Å². The SMILES string of the molecule is CC(CN)N[C@H](C)c1ccccc1F. The molecular weight excluding hydrogens is 179 g/mol. The van der Waals surface area contributed by atoms with Gasteiger partial charge >= 0.3 is 0 Å². The van der Waals surface area contributed by atoms with E-state index in [0.717, 1.165) is 0 Å². The third kappa shape index (κ3) is 2.79. The minimum Gasteiger partial charge on any atom is -0.329 e. The van der Waals surface area contributed by atoms with Crippen molar-refractivity contribution in [1.82, 2.24) is 5.32 Å². The van der Waals surface area contributed by atoms with Crippen molar-refractivity contribution >= 4 is 0 Å². The highest BCUT2D eigenvalue weighted by atomic mass is 19.1. The molecule has 0 aliphatic carbocycles. The molecule has 78 valence electrons. The largest absolute Gasteiger partial charge is 0.329 e. The van der Waals surface area contributed by atoms with Gasteiger partial charge in [-0.05, 0) is 19.9 Å². The molecule has 0 aliphatic heterocycles. The van der Waals surface area contributed by atoms with Gasteiger partial charge < -0.3 is 11.1 Å². The van der Waals surface area contributed by atoms with Crippen LogP contribution in [0.2, 0.25) is 0 Å². The lowest BCUT2D eigenvalue weighted by atomic mass is 10.1. The van der Waals surface area contributed by atoms with E-state index in [2.05, 4.69) is 5.32 Å². The summed E-state index contributed by atoms with van der Waals surface area (Å²) in [5, 5.41) is 3.22. The van der Waals surface area contributed by atoms with Crippen LogP contribution in [-0.4, -0.2) is 12.6 Å². The molecule has 0 aliphatic rings. The molecule has 1 aromatic carbocycles. The lowest BCUT2D eigenvalue weighted by Gasteiger charge is -2.19. The topological polar surface area (TPSA) is 38.0 Å². The fourth-order valence-corrected chi connectivity index (χ4v) is 1.41. The summed E-state index contributed by atoms with van der Waals surface area (Å²) < 4.78 is 13.3. The van der Waals surface area contributed by atoms with E-state index < -0.39 is 0 Å². The quantitative estimate of drug-likeness (QED) is 0.771. The normalized spacial score (nSPS) is 15.1. The summed E-state index contributed by atoms with van der Waals surface area (Å²) in [7, 11) is 0. The maximum Gasteiger partial charge on any atom is 0.127 e. The summed E-state index contributed by atoms with van der Waals surface area (Å²) in [5.74, 6) is -0.170. The van der Waals surface area contributed by atoms with Gasteiger partial charge in [-0.15, -0.1) is 0 Å². The number of hydrogen-bond acceptors (Lipinski definition) is 2. The highest BCUT2D eigenvalue weighted by Gasteiger charge is 2.11. The van der Waals surface area contributed by atoms with Crippen molar-refractivity contribution < 1.29 is 4.39 Å². The standard InChI is InChI=1S/C11H17FN2/c1-8(7-13)14-9(2)10-5-3-4-6-11(10)12/h3-6,8-9,14H,7,13H2,1-2H3/t8?,9-/m1/s1. The van der Waals surface area contributed by atoms with Gasteiger partial charge in [0.2, 0.25) is 0 Å². The van der Waals surface area contributed by atoms with E-state index >= 15 is 0 Å². The first-order valence-corrected chi connectivity index (χ1v) is 4.85. The van der Waals surface area contributed by atoms with Crippen LogP contribution in [0.3, 0.4) is 0 Å². The van der Waals surface area contributed by atoms with E-state index in [1.807, 2.05) is 19.9 Å². The zero-order chi connectivity index (χ0) is 10.6. The Morgan fingerprint density at radius 1 is 1.36 bits per heavy atom. The minimum absolute atomic E-state index is 0.00486. The molecule has 0 amide bonds. The molecule has 2 nitrogen and oxygen atoms in total. The lowest BCUT2D eigenvalue weighted by Crippen LogP contribution is -2.35. The van der Waals surface area contributed by atoms with Crippen molar-refractivity contribution in [2.45, 2.75) is 25.9 Å². The summed E-state index contributed by atoms with van der Waals surface area (Å²) in [6, 6.07) is 6.98. The van der Waals surface area contributed by atoms with Crippen molar-refractivity contribution in [2.75, 3.05) is 6.54 Å². The molecule has 0 bridgehead atoms. The van der Waals surface area contributed by atoms with Crippen molar-refractivity contribution in [3.63, 3.8) is 0 Å². The molecule has 0 saturated carbocycles. The van der Waals surface area contributed by atoms with Crippen LogP contribution >= 0.6 is 0 Å². The van der Waals surface area contributed by atoms with Gasteiger partial charge in [-0.3, -0.25) is 0 Å². The molecule has 0 heterocycles. The average Bonchev–Trinajstić information content (AvgIpc) is 2.18. The molecule has 3 N–H and O–H groups in total. The van der Waals surface area contributed by atoms with E-state index in [-0.39, 0.29) is 17.9 Å². The monoisotopic (exact) mass is 196 g/mol. The highest BCUT2D eigenvalue weighted by molar-refractivity contribution is 5.20. The zero-order valence-electron chi connectivity index (χ0n) is 8.63. The Hall–Kier alpha value is -0.930. The Balaban J connectivity index is 2.69. The van der Waals surface area contributed by atoms with Crippen molar-refractivity contribution in [3.05, 3.63) is 35.6 Å². The molecule has 1 rings (SSSR count). The van der Waals surface area contributed by atoms with Crippen LogP contribution in [0.4, 0.5) is 4.39 Å².